The molecule has 10 nitrogen and oxygen atoms in total. The van der Waals surface area contributed by atoms with Gasteiger partial charge in [0.1, 0.15) is 12.0 Å². The number of aromatic nitrogens is 3. The Kier molecular flexibility index (Phi) is 8.62. The van der Waals surface area contributed by atoms with Crippen molar-refractivity contribution in [2.45, 2.75) is 45.4 Å². The molecule has 0 bridgehead atoms. The minimum Gasteiger partial charge on any atom is -0.482 e. The minimum absolute atomic E-state index is 0.0339. The number of anilines is 3. The van der Waals surface area contributed by atoms with E-state index in [9.17, 15) is 4.79 Å². The Labute approximate surface area is 221 Å². The predicted molar refractivity (Wildman–Crippen MR) is 145 cm³/mol. The number of hydrogen-bond acceptors (Lipinski definition) is 8. The first kappa shape index (κ1) is 26.4. The molecule has 37 heavy (non-hydrogen) atoms. The Morgan fingerprint density at radius 3 is 2.84 bits per heavy atom. The van der Waals surface area contributed by atoms with Gasteiger partial charge in [-0.3, -0.25) is 4.79 Å². The van der Waals surface area contributed by atoms with Crippen molar-refractivity contribution < 1.29 is 14.3 Å². The van der Waals surface area contributed by atoms with Crippen LogP contribution in [-0.4, -0.2) is 52.4 Å². The Hall–Kier alpha value is -3.63. The van der Waals surface area contributed by atoms with Crippen molar-refractivity contribution in [3.05, 3.63) is 47.0 Å². The molecular formula is C26H32ClN7O3. The smallest absolute Gasteiger partial charge is 0.258 e. The van der Waals surface area contributed by atoms with Crippen molar-refractivity contribution in [1.82, 2.24) is 20.1 Å². The molecule has 4 rings (SSSR count). The van der Waals surface area contributed by atoms with E-state index < -0.39 is 0 Å². The Bertz CT molecular complexity index is 1250. The molecule has 0 radical (unpaired) electrons. The van der Waals surface area contributed by atoms with Crippen LogP contribution >= 0.6 is 11.6 Å². The lowest BCUT2D eigenvalue weighted by Crippen LogP contribution is -2.34. The van der Waals surface area contributed by atoms with Gasteiger partial charge < -0.3 is 30.8 Å². The summed E-state index contributed by atoms with van der Waals surface area (Å²) in [4.78, 5) is 16.4. The van der Waals surface area contributed by atoms with Gasteiger partial charge in [-0.05, 0) is 69.5 Å². The highest BCUT2D eigenvalue weighted by Gasteiger charge is 2.16. The SMILES string of the molecule is CC(C)NC(=O)COc1ccc(-c2nc(Nc3ccc(NC4CCCCO4)c(C=N)c3)n(C)n2)cc1Cl. The largest absolute Gasteiger partial charge is 0.482 e. The molecule has 2 heterocycles. The summed E-state index contributed by atoms with van der Waals surface area (Å²) in [5.74, 6) is 1.21. The van der Waals surface area contributed by atoms with Gasteiger partial charge in [0.25, 0.3) is 5.91 Å². The number of ether oxygens (including phenoxy) is 2. The van der Waals surface area contributed by atoms with Gasteiger partial charge in [0.05, 0.1) is 5.02 Å². The van der Waals surface area contributed by atoms with E-state index in [-0.39, 0.29) is 24.8 Å². The first-order valence-corrected chi connectivity index (χ1v) is 12.6. The molecule has 1 fully saturated rings. The summed E-state index contributed by atoms with van der Waals surface area (Å²) >= 11 is 6.39. The molecule has 0 saturated carbocycles. The molecule has 1 aromatic heterocycles. The maximum Gasteiger partial charge on any atom is 0.258 e. The summed E-state index contributed by atoms with van der Waals surface area (Å²) in [5, 5.41) is 22.1. The molecule has 1 aliphatic rings. The number of rotatable bonds is 10. The van der Waals surface area contributed by atoms with Gasteiger partial charge in [0, 0.05) is 48.4 Å². The third-order valence-electron chi connectivity index (χ3n) is 5.72. The van der Waals surface area contributed by atoms with E-state index >= 15 is 0 Å². The summed E-state index contributed by atoms with van der Waals surface area (Å²) in [7, 11) is 1.79. The highest BCUT2D eigenvalue weighted by atomic mass is 35.5. The third-order valence-corrected chi connectivity index (χ3v) is 6.02. The number of halogens is 1. The normalized spacial score (nSPS) is 15.3. The zero-order chi connectivity index (χ0) is 26.4. The number of aryl methyl sites for hydroxylation is 1. The van der Waals surface area contributed by atoms with Crippen LogP contribution in [0.1, 0.15) is 38.7 Å². The van der Waals surface area contributed by atoms with Crippen molar-refractivity contribution in [3.8, 4) is 17.1 Å². The summed E-state index contributed by atoms with van der Waals surface area (Å²) in [6, 6.07) is 11.0. The zero-order valence-corrected chi connectivity index (χ0v) is 21.9. The summed E-state index contributed by atoms with van der Waals surface area (Å²) in [6.07, 6.45) is 4.44. The monoisotopic (exact) mass is 525 g/mol. The standard InChI is InChI=1S/C26H32ClN7O3/c1-16(2)29-23(35)15-37-22-10-7-17(13-20(22)27)25-32-26(34(3)33-25)30-19-8-9-21(18(12-19)14-28)31-24-6-4-5-11-36-24/h7-10,12-14,16,24,28,31H,4-6,11,15H2,1-3H3,(H,29,35)(H,30,32,33). The number of amides is 1. The Balaban J connectivity index is 1.44. The summed E-state index contributed by atoms with van der Waals surface area (Å²) in [6.45, 7) is 4.40. The molecule has 1 atom stereocenters. The number of benzene rings is 2. The topological polar surface area (TPSA) is 126 Å². The van der Waals surface area contributed by atoms with E-state index in [0.29, 0.717) is 28.1 Å². The van der Waals surface area contributed by atoms with Gasteiger partial charge in [0.15, 0.2) is 12.4 Å². The molecule has 11 heteroatoms. The van der Waals surface area contributed by atoms with Crippen molar-refractivity contribution in [3.63, 3.8) is 0 Å². The maximum atomic E-state index is 11.8. The van der Waals surface area contributed by atoms with Crippen molar-refractivity contribution in [2.24, 2.45) is 7.05 Å². The van der Waals surface area contributed by atoms with Crippen LogP contribution in [0.5, 0.6) is 5.75 Å². The van der Waals surface area contributed by atoms with Crippen LogP contribution < -0.4 is 20.7 Å². The van der Waals surface area contributed by atoms with E-state index in [1.165, 1.54) is 6.21 Å². The van der Waals surface area contributed by atoms with Gasteiger partial charge >= 0.3 is 0 Å². The van der Waals surface area contributed by atoms with Gasteiger partial charge in [-0.25, -0.2) is 4.68 Å². The second-order valence-electron chi connectivity index (χ2n) is 9.11. The highest BCUT2D eigenvalue weighted by molar-refractivity contribution is 6.32. The molecule has 3 aromatic rings. The van der Waals surface area contributed by atoms with Crippen molar-refractivity contribution >= 4 is 41.0 Å². The molecule has 0 spiro atoms. The quantitative estimate of drug-likeness (QED) is 0.282. The third kappa shape index (κ3) is 6.99. The molecule has 1 aliphatic heterocycles. The van der Waals surface area contributed by atoms with E-state index in [1.807, 2.05) is 32.0 Å². The van der Waals surface area contributed by atoms with Gasteiger partial charge in [0.2, 0.25) is 5.95 Å². The maximum absolute atomic E-state index is 11.8. The number of hydrogen-bond donors (Lipinski definition) is 4. The first-order valence-electron chi connectivity index (χ1n) is 12.2. The highest BCUT2D eigenvalue weighted by Crippen LogP contribution is 2.30. The lowest BCUT2D eigenvalue weighted by Gasteiger charge is -2.25. The van der Waals surface area contributed by atoms with E-state index in [1.54, 1.807) is 29.9 Å². The van der Waals surface area contributed by atoms with Crippen LogP contribution in [0.15, 0.2) is 36.4 Å². The van der Waals surface area contributed by atoms with Crippen molar-refractivity contribution in [1.29, 1.82) is 5.41 Å². The van der Waals surface area contributed by atoms with Crippen LogP contribution in [0.3, 0.4) is 0 Å². The Morgan fingerprint density at radius 2 is 2.14 bits per heavy atom. The molecular weight excluding hydrogens is 494 g/mol. The van der Waals surface area contributed by atoms with Crippen molar-refractivity contribution in [2.75, 3.05) is 23.8 Å². The van der Waals surface area contributed by atoms with Gasteiger partial charge in [-0.15, -0.1) is 5.10 Å². The molecule has 196 valence electrons. The molecule has 1 saturated heterocycles. The Morgan fingerprint density at radius 1 is 1.30 bits per heavy atom. The number of nitrogens with one attached hydrogen (secondary N) is 4. The fourth-order valence-electron chi connectivity index (χ4n) is 3.93. The lowest BCUT2D eigenvalue weighted by molar-refractivity contribution is -0.123. The van der Waals surface area contributed by atoms with Crippen LogP contribution in [0, 0.1) is 5.41 Å². The zero-order valence-electron chi connectivity index (χ0n) is 21.2. The molecule has 4 N–H and O–H groups in total. The first-order chi connectivity index (χ1) is 17.8. The van der Waals surface area contributed by atoms with E-state index in [2.05, 4.69) is 26.0 Å². The predicted octanol–water partition coefficient (Wildman–Crippen LogP) is 4.72. The second-order valence-corrected chi connectivity index (χ2v) is 9.52. The van der Waals surface area contributed by atoms with Crippen LogP contribution in [0.2, 0.25) is 5.02 Å². The van der Waals surface area contributed by atoms with Crippen LogP contribution in [0.25, 0.3) is 11.4 Å². The minimum atomic E-state index is -0.213. The summed E-state index contributed by atoms with van der Waals surface area (Å²) in [5.41, 5.74) is 3.08. The lowest BCUT2D eigenvalue weighted by atomic mass is 10.1. The van der Waals surface area contributed by atoms with Gasteiger partial charge in [-0.1, -0.05) is 11.6 Å². The van der Waals surface area contributed by atoms with E-state index in [4.69, 9.17) is 26.5 Å². The van der Waals surface area contributed by atoms with E-state index in [0.717, 1.165) is 42.8 Å². The van der Waals surface area contributed by atoms with Gasteiger partial charge in [-0.2, -0.15) is 4.98 Å². The second kappa shape index (κ2) is 12.1. The number of carbonyl (C=O) groups is 1. The molecule has 1 amide bonds. The fourth-order valence-corrected chi connectivity index (χ4v) is 4.16. The van der Waals surface area contributed by atoms with Crippen LogP contribution in [-0.2, 0) is 16.6 Å². The molecule has 2 aromatic carbocycles. The summed E-state index contributed by atoms with van der Waals surface area (Å²) < 4.78 is 12.9. The fraction of sp³-hybridized carbons (Fsp3) is 0.385. The molecule has 0 aliphatic carbocycles. The average Bonchev–Trinajstić information content (AvgIpc) is 3.24. The van der Waals surface area contributed by atoms with Crippen LogP contribution in [0.4, 0.5) is 17.3 Å². The number of nitrogens with zero attached hydrogens (tertiary/aromatic N) is 3. The number of carbonyl (C=O) groups excluding carboxylic acids is 1. The molecule has 1 unspecified atom stereocenters. The average molecular weight is 526 g/mol.